The van der Waals surface area contributed by atoms with Crippen LogP contribution >= 0.6 is 0 Å². The van der Waals surface area contributed by atoms with Crippen molar-refractivity contribution in [1.29, 1.82) is 0 Å². The summed E-state index contributed by atoms with van der Waals surface area (Å²) in [5.41, 5.74) is 2.94. The Hall–Kier alpha value is -3.22. The summed E-state index contributed by atoms with van der Waals surface area (Å²) in [7, 11) is 0. The zero-order valence-electron chi connectivity index (χ0n) is 16.7. The van der Waals surface area contributed by atoms with Gasteiger partial charge in [0.2, 0.25) is 11.8 Å². The summed E-state index contributed by atoms with van der Waals surface area (Å²) >= 11 is 0. The molecule has 0 aliphatic heterocycles. The molecule has 0 radical (unpaired) electrons. The van der Waals surface area contributed by atoms with Gasteiger partial charge in [-0.05, 0) is 42.2 Å². The maximum Gasteiger partial charge on any atom is 0.326 e. The van der Waals surface area contributed by atoms with Crippen molar-refractivity contribution < 1.29 is 23.9 Å². The van der Waals surface area contributed by atoms with Crippen molar-refractivity contribution >= 4 is 17.8 Å². The third-order valence-electron chi connectivity index (χ3n) is 4.74. The number of carbonyl (C=O) groups is 3. The van der Waals surface area contributed by atoms with Gasteiger partial charge in [0.05, 0.1) is 0 Å². The summed E-state index contributed by atoms with van der Waals surface area (Å²) in [5, 5.41) is 14.6. The van der Waals surface area contributed by atoms with Gasteiger partial charge in [-0.3, -0.25) is 9.59 Å². The quantitative estimate of drug-likeness (QED) is 0.634. The van der Waals surface area contributed by atoms with Crippen LogP contribution in [-0.2, 0) is 27.2 Å². The molecule has 7 heteroatoms. The van der Waals surface area contributed by atoms with Crippen LogP contribution < -0.4 is 10.6 Å². The lowest BCUT2D eigenvalue weighted by Gasteiger charge is -2.22. The number of carbonyl (C=O) groups excluding carboxylic acids is 2. The van der Waals surface area contributed by atoms with Gasteiger partial charge in [0.15, 0.2) is 0 Å². The molecule has 3 N–H and O–H groups in total. The molecule has 2 aromatic carbocycles. The lowest BCUT2D eigenvalue weighted by Crippen LogP contribution is -2.52. The van der Waals surface area contributed by atoms with Crippen LogP contribution in [0.1, 0.15) is 29.2 Å². The Morgan fingerprint density at radius 3 is 2.10 bits per heavy atom. The van der Waals surface area contributed by atoms with E-state index in [4.69, 9.17) is 0 Å². The molecule has 0 aliphatic carbocycles. The lowest BCUT2D eigenvalue weighted by molar-refractivity contribution is -0.142. The van der Waals surface area contributed by atoms with Crippen LogP contribution in [0.15, 0.2) is 42.5 Å². The summed E-state index contributed by atoms with van der Waals surface area (Å²) in [6, 6.07) is 9.29. The largest absolute Gasteiger partial charge is 0.480 e. The average Bonchev–Trinajstić information content (AvgIpc) is 2.64. The van der Waals surface area contributed by atoms with Crippen molar-refractivity contribution in [1.82, 2.24) is 10.6 Å². The Kier molecular flexibility index (Phi) is 7.47. The maximum absolute atomic E-state index is 14.0. The summed E-state index contributed by atoms with van der Waals surface area (Å²) in [5.74, 6) is -2.83. The number of benzene rings is 2. The number of amides is 2. The van der Waals surface area contributed by atoms with Crippen LogP contribution in [0.4, 0.5) is 4.39 Å². The highest BCUT2D eigenvalue weighted by Gasteiger charge is 2.27. The van der Waals surface area contributed by atoms with Crippen molar-refractivity contribution in [2.75, 3.05) is 0 Å². The molecule has 0 fully saturated rings. The molecule has 0 aliphatic rings. The molecule has 6 nitrogen and oxygen atoms in total. The summed E-state index contributed by atoms with van der Waals surface area (Å²) in [4.78, 5) is 36.0. The second kappa shape index (κ2) is 9.82. The second-order valence-electron chi connectivity index (χ2n) is 7.02. The molecule has 0 unspecified atom stereocenters. The van der Waals surface area contributed by atoms with Crippen molar-refractivity contribution in [3.8, 4) is 0 Å². The van der Waals surface area contributed by atoms with Crippen molar-refractivity contribution in [3.63, 3.8) is 0 Å². The van der Waals surface area contributed by atoms with Gasteiger partial charge < -0.3 is 15.7 Å². The molecular formula is C22H25FN2O4. The number of aryl methyl sites for hydroxylation is 2. The minimum absolute atomic E-state index is 0.0895. The molecule has 29 heavy (non-hydrogen) atoms. The average molecular weight is 400 g/mol. The summed E-state index contributed by atoms with van der Waals surface area (Å²) in [6.07, 6.45) is 0.0138. The fraction of sp³-hybridized carbons (Fsp3) is 0.318. The Bertz CT molecular complexity index is 893. The predicted octanol–water partition coefficient (Wildman–Crippen LogP) is 2.30. The van der Waals surface area contributed by atoms with Crippen LogP contribution in [0, 0.1) is 19.7 Å². The summed E-state index contributed by atoms with van der Waals surface area (Å²) < 4.78 is 14.0. The van der Waals surface area contributed by atoms with Crippen LogP contribution in [0.2, 0.25) is 0 Å². The van der Waals surface area contributed by atoms with E-state index in [9.17, 15) is 23.9 Å². The van der Waals surface area contributed by atoms with Crippen LogP contribution in [-0.4, -0.2) is 35.0 Å². The third-order valence-corrected chi connectivity index (χ3v) is 4.74. The SMILES string of the molecule is CC(=O)N[C@H](Cc1ccccc1F)C(=O)N[C@@H](Cc1c(C)cccc1C)C(=O)O. The third kappa shape index (κ3) is 6.14. The molecule has 0 spiro atoms. The van der Waals surface area contributed by atoms with E-state index >= 15 is 0 Å². The Labute approximate surface area is 169 Å². The molecule has 0 aromatic heterocycles. The van der Waals surface area contributed by atoms with E-state index < -0.39 is 35.7 Å². The topological polar surface area (TPSA) is 95.5 Å². The monoisotopic (exact) mass is 400 g/mol. The number of carboxylic acids is 1. The predicted molar refractivity (Wildman–Crippen MR) is 107 cm³/mol. The fourth-order valence-corrected chi connectivity index (χ4v) is 3.19. The smallest absolute Gasteiger partial charge is 0.326 e. The van der Waals surface area contributed by atoms with Gasteiger partial charge in [0, 0.05) is 19.8 Å². The van der Waals surface area contributed by atoms with Crippen LogP contribution in [0.5, 0.6) is 0 Å². The Morgan fingerprint density at radius 1 is 0.931 bits per heavy atom. The molecule has 2 rings (SSSR count). The number of carboxylic acid groups (broad SMARTS) is 1. The van der Waals surface area contributed by atoms with Gasteiger partial charge in [-0.25, -0.2) is 9.18 Å². The molecule has 154 valence electrons. The molecule has 2 aromatic rings. The van der Waals surface area contributed by atoms with Gasteiger partial charge in [-0.1, -0.05) is 36.4 Å². The zero-order valence-corrected chi connectivity index (χ0v) is 16.7. The van der Waals surface area contributed by atoms with Crippen LogP contribution in [0.25, 0.3) is 0 Å². The number of aliphatic carboxylic acids is 1. The van der Waals surface area contributed by atoms with Crippen LogP contribution in [0.3, 0.4) is 0 Å². The lowest BCUT2D eigenvalue weighted by atomic mass is 9.96. The molecule has 2 atom stereocenters. The van der Waals surface area contributed by atoms with E-state index in [1.807, 2.05) is 32.0 Å². The Morgan fingerprint density at radius 2 is 1.55 bits per heavy atom. The first-order valence-electron chi connectivity index (χ1n) is 9.27. The fourth-order valence-electron chi connectivity index (χ4n) is 3.19. The van der Waals surface area contributed by atoms with E-state index in [1.54, 1.807) is 6.07 Å². The van der Waals surface area contributed by atoms with E-state index in [-0.39, 0.29) is 18.4 Å². The Balaban J connectivity index is 2.21. The van der Waals surface area contributed by atoms with E-state index in [0.29, 0.717) is 0 Å². The van der Waals surface area contributed by atoms with E-state index in [1.165, 1.54) is 25.1 Å². The summed E-state index contributed by atoms with van der Waals surface area (Å²) in [6.45, 7) is 5.00. The van der Waals surface area contributed by atoms with E-state index in [0.717, 1.165) is 16.7 Å². The highest BCUT2D eigenvalue weighted by atomic mass is 19.1. The first kappa shape index (κ1) is 22.1. The normalized spacial score (nSPS) is 12.7. The molecule has 0 saturated carbocycles. The highest BCUT2D eigenvalue weighted by molar-refractivity contribution is 5.90. The van der Waals surface area contributed by atoms with Crippen molar-refractivity contribution in [2.24, 2.45) is 0 Å². The van der Waals surface area contributed by atoms with Gasteiger partial charge in [0.1, 0.15) is 17.9 Å². The highest BCUT2D eigenvalue weighted by Crippen LogP contribution is 2.16. The van der Waals surface area contributed by atoms with Gasteiger partial charge >= 0.3 is 5.97 Å². The van der Waals surface area contributed by atoms with Crippen molar-refractivity contribution in [2.45, 2.75) is 45.7 Å². The number of hydrogen-bond acceptors (Lipinski definition) is 3. The zero-order chi connectivity index (χ0) is 21.6. The minimum atomic E-state index is -1.19. The minimum Gasteiger partial charge on any atom is -0.480 e. The molecular weight excluding hydrogens is 375 g/mol. The second-order valence-corrected chi connectivity index (χ2v) is 7.02. The molecule has 0 heterocycles. The maximum atomic E-state index is 14.0. The standard InChI is InChI=1S/C22H25FN2O4/c1-13-7-6-8-14(2)17(13)12-20(22(28)29)25-21(27)19(24-15(3)26)11-16-9-4-5-10-18(16)23/h4-10,19-20H,11-12H2,1-3H3,(H,24,26)(H,25,27)(H,28,29)/t19-,20+/m1/s1. The molecule has 0 bridgehead atoms. The van der Waals surface area contributed by atoms with Gasteiger partial charge in [-0.15, -0.1) is 0 Å². The van der Waals surface area contributed by atoms with Gasteiger partial charge in [0.25, 0.3) is 0 Å². The van der Waals surface area contributed by atoms with E-state index in [2.05, 4.69) is 10.6 Å². The van der Waals surface area contributed by atoms with Gasteiger partial charge in [-0.2, -0.15) is 0 Å². The van der Waals surface area contributed by atoms with Crippen molar-refractivity contribution in [3.05, 3.63) is 70.5 Å². The number of rotatable bonds is 8. The molecule has 2 amide bonds. The molecule has 0 saturated heterocycles. The first-order chi connectivity index (χ1) is 13.7. The first-order valence-corrected chi connectivity index (χ1v) is 9.27. The number of nitrogens with one attached hydrogen (secondary N) is 2. The number of halogens is 1. The number of hydrogen-bond donors (Lipinski definition) is 3.